The second-order valence-electron chi connectivity index (χ2n) is 3.53. The molecule has 0 aromatic heterocycles. The number of nitrogens with one attached hydrogen (secondary N) is 1. The lowest BCUT2D eigenvalue weighted by Gasteiger charge is -2.10. The third-order valence-corrected chi connectivity index (χ3v) is 2.60. The van der Waals surface area contributed by atoms with E-state index in [1.165, 1.54) is 0 Å². The molecule has 2 atom stereocenters. The van der Waals surface area contributed by atoms with E-state index in [1.54, 1.807) is 6.92 Å². The summed E-state index contributed by atoms with van der Waals surface area (Å²) in [7, 11) is 0. The Morgan fingerprint density at radius 3 is 2.21 bits per heavy atom. The summed E-state index contributed by atoms with van der Waals surface area (Å²) in [6.45, 7) is 1.78. The van der Waals surface area contributed by atoms with Gasteiger partial charge in [-0.2, -0.15) is 0 Å². The summed E-state index contributed by atoms with van der Waals surface area (Å²) in [4.78, 5) is 22.7. The second kappa shape index (κ2) is 3.25. The molecule has 1 aliphatic rings. The topological polar surface area (TPSA) is 46.2 Å². The molecule has 2 rings (SSSR count). The van der Waals surface area contributed by atoms with E-state index in [9.17, 15) is 9.59 Å². The normalized spacial score (nSPS) is 26.4. The van der Waals surface area contributed by atoms with Gasteiger partial charge in [0, 0.05) is 0 Å². The zero-order chi connectivity index (χ0) is 10.1. The molecule has 1 N–H and O–H groups in total. The average molecular weight is 189 g/mol. The van der Waals surface area contributed by atoms with Crippen LogP contribution in [0.2, 0.25) is 0 Å². The molecule has 0 spiro atoms. The first-order valence-corrected chi connectivity index (χ1v) is 4.60. The van der Waals surface area contributed by atoms with E-state index >= 15 is 0 Å². The van der Waals surface area contributed by atoms with Crippen LogP contribution >= 0.6 is 0 Å². The minimum atomic E-state index is -0.316. The van der Waals surface area contributed by atoms with Gasteiger partial charge in [-0.05, 0) is 5.56 Å². The second-order valence-corrected chi connectivity index (χ2v) is 3.53. The number of carbonyl (C=O) groups is 2. The van der Waals surface area contributed by atoms with Crippen molar-refractivity contribution >= 4 is 11.8 Å². The molecule has 3 nitrogen and oxygen atoms in total. The molecule has 1 heterocycles. The molecule has 14 heavy (non-hydrogen) atoms. The monoisotopic (exact) mass is 189 g/mol. The third-order valence-electron chi connectivity index (χ3n) is 2.60. The molecule has 2 amide bonds. The third kappa shape index (κ3) is 1.31. The maximum Gasteiger partial charge on any atom is 0.234 e. The smallest absolute Gasteiger partial charge is 0.234 e. The van der Waals surface area contributed by atoms with Gasteiger partial charge in [-0.15, -0.1) is 0 Å². The predicted molar refractivity (Wildman–Crippen MR) is 51.5 cm³/mol. The molecule has 0 unspecified atom stereocenters. The van der Waals surface area contributed by atoms with Crippen molar-refractivity contribution in [2.75, 3.05) is 0 Å². The molecule has 1 aliphatic heterocycles. The van der Waals surface area contributed by atoms with Crippen LogP contribution in [0, 0.1) is 5.92 Å². The number of benzene rings is 1. The lowest BCUT2D eigenvalue weighted by Crippen LogP contribution is -2.21. The highest BCUT2D eigenvalue weighted by atomic mass is 16.2. The van der Waals surface area contributed by atoms with Crippen LogP contribution in [0.1, 0.15) is 18.4 Å². The number of rotatable bonds is 1. The van der Waals surface area contributed by atoms with Crippen molar-refractivity contribution in [3.63, 3.8) is 0 Å². The molecule has 0 saturated carbocycles. The van der Waals surface area contributed by atoms with Crippen LogP contribution in [-0.4, -0.2) is 11.8 Å². The summed E-state index contributed by atoms with van der Waals surface area (Å²) in [6, 6.07) is 9.39. The lowest BCUT2D eigenvalue weighted by molar-refractivity contribution is -0.125. The van der Waals surface area contributed by atoms with E-state index in [1.807, 2.05) is 30.3 Å². The summed E-state index contributed by atoms with van der Waals surface area (Å²) >= 11 is 0. The summed E-state index contributed by atoms with van der Waals surface area (Å²) in [5.74, 6) is -0.939. The van der Waals surface area contributed by atoms with Gasteiger partial charge >= 0.3 is 0 Å². The quantitative estimate of drug-likeness (QED) is 0.671. The Morgan fingerprint density at radius 2 is 1.71 bits per heavy atom. The average Bonchev–Trinajstić information content (AvgIpc) is 2.43. The van der Waals surface area contributed by atoms with E-state index in [-0.39, 0.29) is 23.7 Å². The van der Waals surface area contributed by atoms with Gasteiger partial charge in [-0.3, -0.25) is 14.9 Å². The fourth-order valence-electron chi connectivity index (χ4n) is 1.79. The van der Waals surface area contributed by atoms with Gasteiger partial charge in [-0.1, -0.05) is 37.3 Å². The van der Waals surface area contributed by atoms with Gasteiger partial charge in [0.05, 0.1) is 11.8 Å². The Labute approximate surface area is 82.1 Å². The maximum absolute atomic E-state index is 11.5. The van der Waals surface area contributed by atoms with E-state index in [2.05, 4.69) is 5.32 Å². The van der Waals surface area contributed by atoms with E-state index in [0.717, 1.165) is 5.56 Å². The Morgan fingerprint density at radius 1 is 1.07 bits per heavy atom. The molecule has 0 bridgehead atoms. The number of imide groups is 1. The van der Waals surface area contributed by atoms with Crippen LogP contribution in [0.15, 0.2) is 30.3 Å². The van der Waals surface area contributed by atoms with Crippen molar-refractivity contribution in [1.29, 1.82) is 0 Å². The highest BCUT2D eigenvalue weighted by molar-refractivity contribution is 6.07. The van der Waals surface area contributed by atoms with E-state index < -0.39 is 0 Å². The van der Waals surface area contributed by atoms with Gasteiger partial charge in [0.2, 0.25) is 11.8 Å². The predicted octanol–water partition coefficient (Wildman–Crippen LogP) is 1.06. The van der Waals surface area contributed by atoms with Crippen molar-refractivity contribution in [3.05, 3.63) is 35.9 Å². The van der Waals surface area contributed by atoms with Crippen LogP contribution in [0.3, 0.4) is 0 Å². The number of hydrogen-bond acceptors (Lipinski definition) is 2. The van der Waals surface area contributed by atoms with E-state index in [4.69, 9.17) is 0 Å². The Balaban J connectivity index is 2.36. The van der Waals surface area contributed by atoms with Crippen molar-refractivity contribution in [1.82, 2.24) is 5.32 Å². The standard InChI is InChI=1S/C11H11NO2/c1-7-9(11(14)12-10(7)13)8-5-3-2-4-6-8/h2-7,9H,1H3,(H,12,13,14)/t7-,9+/m1/s1. The maximum atomic E-state index is 11.5. The molecule has 0 aliphatic carbocycles. The van der Waals surface area contributed by atoms with Crippen molar-refractivity contribution < 1.29 is 9.59 Å². The zero-order valence-electron chi connectivity index (χ0n) is 7.86. The highest BCUT2D eigenvalue weighted by Gasteiger charge is 2.39. The molecule has 1 saturated heterocycles. The zero-order valence-corrected chi connectivity index (χ0v) is 7.86. The van der Waals surface area contributed by atoms with Crippen molar-refractivity contribution in [2.45, 2.75) is 12.8 Å². The molecule has 1 aromatic rings. The van der Waals surface area contributed by atoms with Gasteiger partial charge in [0.25, 0.3) is 0 Å². The Hall–Kier alpha value is -1.64. The van der Waals surface area contributed by atoms with Gasteiger partial charge in [-0.25, -0.2) is 0 Å². The summed E-state index contributed by atoms with van der Waals surface area (Å²) in [5, 5.41) is 2.34. The van der Waals surface area contributed by atoms with Crippen LogP contribution in [0.25, 0.3) is 0 Å². The Kier molecular flexibility index (Phi) is 2.08. The fourth-order valence-corrected chi connectivity index (χ4v) is 1.79. The molecule has 1 aromatic carbocycles. The summed E-state index contributed by atoms with van der Waals surface area (Å²) in [5.41, 5.74) is 0.906. The minimum Gasteiger partial charge on any atom is -0.296 e. The SMILES string of the molecule is C[C@H]1C(=O)NC(=O)[C@@H]1c1ccccc1. The number of hydrogen-bond donors (Lipinski definition) is 1. The summed E-state index contributed by atoms with van der Waals surface area (Å²) < 4.78 is 0. The molecule has 72 valence electrons. The van der Waals surface area contributed by atoms with Crippen molar-refractivity contribution in [3.8, 4) is 0 Å². The van der Waals surface area contributed by atoms with Crippen LogP contribution in [0.4, 0.5) is 0 Å². The largest absolute Gasteiger partial charge is 0.296 e. The fraction of sp³-hybridized carbons (Fsp3) is 0.273. The first kappa shape index (κ1) is 8.94. The molecule has 3 heteroatoms. The first-order valence-electron chi connectivity index (χ1n) is 4.60. The number of amides is 2. The van der Waals surface area contributed by atoms with Gasteiger partial charge in [0.15, 0.2) is 0 Å². The van der Waals surface area contributed by atoms with E-state index in [0.29, 0.717) is 0 Å². The van der Waals surface area contributed by atoms with Gasteiger partial charge in [0.1, 0.15) is 0 Å². The van der Waals surface area contributed by atoms with Crippen LogP contribution in [0.5, 0.6) is 0 Å². The van der Waals surface area contributed by atoms with Crippen LogP contribution < -0.4 is 5.32 Å². The number of carbonyl (C=O) groups excluding carboxylic acids is 2. The van der Waals surface area contributed by atoms with Crippen LogP contribution in [-0.2, 0) is 9.59 Å². The molecule has 1 fully saturated rings. The molecular formula is C11H11NO2. The first-order chi connectivity index (χ1) is 6.70. The summed E-state index contributed by atoms with van der Waals surface area (Å²) in [6.07, 6.45) is 0. The van der Waals surface area contributed by atoms with Crippen molar-refractivity contribution in [2.24, 2.45) is 5.92 Å². The molecule has 0 radical (unpaired) electrons. The minimum absolute atomic E-state index is 0.177. The lowest BCUT2D eigenvalue weighted by atomic mass is 9.89. The molecular weight excluding hydrogens is 178 g/mol. The Bertz CT molecular complexity index is 372. The van der Waals surface area contributed by atoms with Gasteiger partial charge < -0.3 is 0 Å². The highest BCUT2D eigenvalue weighted by Crippen LogP contribution is 2.29.